The van der Waals surface area contributed by atoms with Gasteiger partial charge in [0, 0.05) is 16.6 Å². The molecule has 2 rings (SSSR count). The van der Waals surface area contributed by atoms with Crippen LogP contribution in [0.25, 0.3) is 5.69 Å². The van der Waals surface area contributed by atoms with Crippen molar-refractivity contribution in [3.05, 3.63) is 45.7 Å². The van der Waals surface area contributed by atoms with Crippen LogP contribution < -0.4 is 0 Å². The number of halogens is 2. The second kappa shape index (κ2) is 4.71. The first kappa shape index (κ1) is 12.5. The van der Waals surface area contributed by atoms with Crippen molar-refractivity contribution in [2.45, 2.75) is 26.7 Å². The van der Waals surface area contributed by atoms with Gasteiger partial charge in [0.05, 0.1) is 11.4 Å². The molecule has 2 aromatic rings. The van der Waals surface area contributed by atoms with Gasteiger partial charge in [-0.15, -0.1) is 11.6 Å². The number of aryl methyl sites for hydroxylation is 1. The fourth-order valence-corrected chi connectivity index (χ4v) is 2.19. The number of rotatable bonds is 2. The van der Waals surface area contributed by atoms with Crippen LogP contribution in [0.3, 0.4) is 0 Å². The molecule has 4 heteroatoms. The van der Waals surface area contributed by atoms with Gasteiger partial charge < -0.3 is 0 Å². The Balaban J connectivity index is 2.67. The average Bonchev–Trinajstić information content (AvgIpc) is 2.57. The molecule has 0 bridgehead atoms. The Bertz CT molecular complexity index is 559. The molecule has 1 aromatic carbocycles. The molecule has 2 nitrogen and oxygen atoms in total. The summed E-state index contributed by atoms with van der Waals surface area (Å²) in [5.41, 5.74) is 5.34. The van der Waals surface area contributed by atoms with Gasteiger partial charge in [0.25, 0.3) is 0 Å². The van der Waals surface area contributed by atoms with Gasteiger partial charge in [0.1, 0.15) is 0 Å². The molecule has 17 heavy (non-hydrogen) atoms. The van der Waals surface area contributed by atoms with Gasteiger partial charge in [0.15, 0.2) is 0 Å². The monoisotopic (exact) mass is 268 g/mol. The van der Waals surface area contributed by atoms with E-state index in [1.165, 1.54) is 5.56 Å². The van der Waals surface area contributed by atoms with Crippen molar-refractivity contribution in [1.82, 2.24) is 9.78 Å². The molecule has 0 aliphatic heterocycles. The minimum absolute atomic E-state index is 0.448. The fraction of sp³-hybridized carbons (Fsp3) is 0.308. The smallest absolute Gasteiger partial charge is 0.0707 e. The van der Waals surface area contributed by atoms with Crippen molar-refractivity contribution >= 4 is 23.2 Å². The van der Waals surface area contributed by atoms with Gasteiger partial charge in [-0.05, 0) is 44.0 Å². The third kappa shape index (κ3) is 2.20. The molecule has 0 unspecified atom stereocenters. The molecular weight excluding hydrogens is 255 g/mol. The van der Waals surface area contributed by atoms with Crippen molar-refractivity contribution in [3.8, 4) is 5.69 Å². The van der Waals surface area contributed by atoms with Crippen molar-refractivity contribution in [2.24, 2.45) is 0 Å². The normalized spacial score (nSPS) is 10.9. The van der Waals surface area contributed by atoms with Crippen LogP contribution in [0, 0.1) is 20.8 Å². The van der Waals surface area contributed by atoms with Crippen LogP contribution in [-0.4, -0.2) is 9.78 Å². The lowest BCUT2D eigenvalue weighted by atomic mass is 10.2. The van der Waals surface area contributed by atoms with Crippen LogP contribution in [0.15, 0.2) is 18.2 Å². The minimum atomic E-state index is 0.448. The van der Waals surface area contributed by atoms with Crippen molar-refractivity contribution < 1.29 is 0 Å². The molecule has 90 valence electrons. The highest BCUT2D eigenvalue weighted by Gasteiger charge is 2.12. The van der Waals surface area contributed by atoms with E-state index < -0.39 is 0 Å². The Morgan fingerprint density at radius 2 is 1.94 bits per heavy atom. The molecular formula is C13H14Cl2N2. The zero-order chi connectivity index (χ0) is 12.6. The zero-order valence-electron chi connectivity index (χ0n) is 10.1. The average molecular weight is 269 g/mol. The molecule has 0 spiro atoms. The number of hydrogen-bond acceptors (Lipinski definition) is 1. The van der Waals surface area contributed by atoms with E-state index in [-0.39, 0.29) is 0 Å². The first-order chi connectivity index (χ1) is 8.04. The summed E-state index contributed by atoms with van der Waals surface area (Å²) >= 11 is 12.0. The van der Waals surface area contributed by atoms with Gasteiger partial charge in [-0.1, -0.05) is 17.7 Å². The predicted molar refractivity (Wildman–Crippen MR) is 72.3 cm³/mol. The topological polar surface area (TPSA) is 17.8 Å². The highest BCUT2D eigenvalue weighted by Crippen LogP contribution is 2.24. The van der Waals surface area contributed by atoms with Crippen molar-refractivity contribution in [1.29, 1.82) is 0 Å². The van der Waals surface area contributed by atoms with Crippen LogP contribution in [0.5, 0.6) is 0 Å². The maximum Gasteiger partial charge on any atom is 0.0707 e. The fourth-order valence-electron chi connectivity index (χ4n) is 1.80. The first-order valence-corrected chi connectivity index (χ1v) is 6.33. The third-order valence-electron chi connectivity index (χ3n) is 3.07. The molecule has 0 aliphatic rings. The lowest BCUT2D eigenvalue weighted by Crippen LogP contribution is -2.02. The van der Waals surface area contributed by atoms with Gasteiger partial charge >= 0.3 is 0 Å². The standard InChI is InChI=1S/C13H14Cl2N2/c1-8-9(2)16-17(10(8)3)13-6-12(15)5-4-11(13)7-14/h4-6H,7H2,1-3H3. The van der Waals surface area contributed by atoms with Crippen LogP contribution >= 0.6 is 23.2 Å². The number of benzene rings is 1. The molecule has 1 heterocycles. The molecule has 0 atom stereocenters. The van der Waals surface area contributed by atoms with E-state index in [1.807, 2.05) is 36.7 Å². The summed E-state index contributed by atoms with van der Waals surface area (Å²) in [6.45, 7) is 6.12. The second-order valence-electron chi connectivity index (χ2n) is 4.11. The van der Waals surface area contributed by atoms with Crippen LogP contribution in [0.1, 0.15) is 22.5 Å². The summed E-state index contributed by atoms with van der Waals surface area (Å²) in [6.07, 6.45) is 0. The zero-order valence-corrected chi connectivity index (χ0v) is 11.6. The third-order valence-corrected chi connectivity index (χ3v) is 3.60. The van der Waals surface area contributed by atoms with E-state index in [9.17, 15) is 0 Å². The van der Waals surface area contributed by atoms with E-state index >= 15 is 0 Å². The Kier molecular flexibility index (Phi) is 3.45. The van der Waals surface area contributed by atoms with E-state index in [2.05, 4.69) is 12.0 Å². The molecule has 1 aromatic heterocycles. The number of alkyl halides is 1. The Hall–Kier alpha value is -0.990. The van der Waals surface area contributed by atoms with E-state index in [4.69, 9.17) is 23.2 Å². The SMILES string of the molecule is Cc1nn(-c2cc(Cl)ccc2CCl)c(C)c1C. The summed E-state index contributed by atoms with van der Waals surface area (Å²) in [4.78, 5) is 0. The summed E-state index contributed by atoms with van der Waals surface area (Å²) in [7, 11) is 0. The van der Waals surface area contributed by atoms with Gasteiger partial charge in [0.2, 0.25) is 0 Å². The van der Waals surface area contributed by atoms with E-state index in [0.717, 1.165) is 22.6 Å². The molecule has 0 saturated heterocycles. The van der Waals surface area contributed by atoms with Gasteiger partial charge in [-0.3, -0.25) is 0 Å². The van der Waals surface area contributed by atoms with Crippen LogP contribution in [0.2, 0.25) is 5.02 Å². The maximum atomic E-state index is 6.04. The summed E-state index contributed by atoms with van der Waals surface area (Å²) in [5.74, 6) is 0.448. The summed E-state index contributed by atoms with van der Waals surface area (Å²) in [6, 6.07) is 5.69. The molecule has 0 saturated carbocycles. The number of hydrogen-bond donors (Lipinski definition) is 0. The van der Waals surface area contributed by atoms with Gasteiger partial charge in [-0.25, -0.2) is 4.68 Å². The predicted octanol–water partition coefficient (Wildman–Crippen LogP) is 4.19. The first-order valence-electron chi connectivity index (χ1n) is 5.42. The maximum absolute atomic E-state index is 6.04. The van der Waals surface area contributed by atoms with Gasteiger partial charge in [-0.2, -0.15) is 5.10 Å². The Labute approximate surface area is 111 Å². The van der Waals surface area contributed by atoms with Crippen molar-refractivity contribution in [3.63, 3.8) is 0 Å². The molecule has 0 N–H and O–H groups in total. The highest BCUT2D eigenvalue weighted by atomic mass is 35.5. The largest absolute Gasteiger partial charge is 0.237 e. The second-order valence-corrected chi connectivity index (χ2v) is 4.82. The number of nitrogens with zero attached hydrogens (tertiary/aromatic N) is 2. The summed E-state index contributed by atoms with van der Waals surface area (Å²) in [5, 5.41) is 5.22. The van der Waals surface area contributed by atoms with Crippen LogP contribution in [-0.2, 0) is 5.88 Å². The molecule has 0 amide bonds. The van der Waals surface area contributed by atoms with Crippen molar-refractivity contribution in [2.75, 3.05) is 0 Å². The summed E-state index contributed by atoms with van der Waals surface area (Å²) < 4.78 is 1.91. The van der Waals surface area contributed by atoms with E-state index in [0.29, 0.717) is 10.9 Å². The lowest BCUT2D eigenvalue weighted by molar-refractivity contribution is 0.826. The van der Waals surface area contributed by atoms with E-state index in [1.54, 1.807) is 0 Å². The Morgan fingerprint density at radius 1 is 1.24 bits per heavy atom. The lowest BCUT2D eigenvalue weighted by Gasteiger charge is -2.10. The molecule has 0 fully saturated rings. The quantitative estimate of drug-likeness (QED) is 0.747. The van der Waals surface area contributed by atoms with Crippen LogP contribution in [0.4, 0.5) is 0 Å². The highest BCUT2D eigenvalue weighted by molar-refractivity contribution is 6.30. The Morgan fingerprint density at radius 3 is 2.47 bits per heavy atom. The number of aromatic nitrogens is 2. The molecule has 0 radical (unpaired) electrons. The minimum Gasteiger partial charge on any atom is -0.237 e. The molecule has 0 aliphatic carbocycles.